The van der Waals surface area contributed by atoms with E-state index in [2.05, 4.69) is 13.2 Å². The minimum Gasteiger partial charge on any atom is -0.427 e. The van der Waals surface area contributed by atoms with Crippen molar-refractivity contribution in [3.63, 3.8) is 0 Å². The van der Waals surface area contributed by atoms with Gasteiger partial charge in [0.2, 0.25) is 0 Å². The lowest BCUT2D eigenvalue weighted by Crippen LogP contribution is -2.09. The maximum Gasteiger partial charge on any atom is 0.311 e. The van der Waals surface area contributed by atoms with Crippen LogP contribution >= 0.6 is 0 Å². The first kappa shape index (κ1) is 34.2. The largest absolute Gasteiger partial charge is 0.427 e. The number of aliphatic hydroxyl groups is 2. The van der Waals surface area contributed by atoms with Gasteiger partial charge in [-0.05, 0) is 46.8 Å². The van der Waals surface area contributed by atoms with E-state index < -0.39 is 0 Å². The molecule has 0 aliphatic carbocycles. The molecule has 1 aromatic rings. The maximum atomic E-state index is 11.1. The highest BCUT2D eigenvalue weighted by molar-refractivity contribution is 5.81. The Bertz CT molecular complexity index is 462. The number of esters is 1. The molecule has 1 aromatic carbocycles. The van der Waals surface area contributed by atoms with Gasteiger partial charge < -0.3 is 24.5 Å². The second-order valence-corrected chi connectivity index (χ2v) is 5.03. The number of allylic oxidation sites excluding steroid dienone is 2. The van der Waals surface area contributed by atoms with Crippen molar-refractivity contribution in [1.29, 1.82) is 0 Å². The first-order valence-electron chi connectivity index (χ1n) is 9.53. The van der Waals surface area contributed by atoms with Crippen molar-refractivity contribution >= 4 is 11.8 Å². The first-order valence-corrected chi connectivity index (χ1v) is 9.53. The zero-order chi connectivity index (χ0) is 23.3. The van der Waals surface area contributed by atoms with E-state index in [9.17, 15) is 9.59 Å². The number of ketones is 1. The summed E-state index contributed by atoms with van der Waals surface area (Å²) in [5.41, 5.74) is 0. The monoisotopic (exact) mass is 412 g/mol. The molecule has 2 N–H and O–H groups in total. The predicted octanol–water partition coefficient (Wildman–Crippen LogP) is 4.36. The number of carbonyl (C=O) groups excluding carboxylic acids is 2. The van der Waals surface area contributed by atoms with Gasteiger partial charge in [-0.1, -0.05) is 30.4 Å². The Hall–Kier alpha value is -2.28. The lowest BCUT2D eigenvalue weighted by Gasteiger charge is -2.02. The number of rotatable bonds is 7. The van der Waals surface area contributed by atoms with E-state index in [4.69, 9.17) is 19.7 Å². The first-order chi connectivity index (χ1) is 13.8. The summed E-state index contributed by atoms with van der Waals surface area (Å²) in [7, 11) is 0. The van der Waals surface area contributed by atoms with Crippen molar-refractivity contribution in [2.75, 3.05) is 26.4 Å². The average molecular weight is 413 g/mol. The highest BCUT2D eigenvalue weighted by Gasteiger charge is 2.05. The number of hydrogen-bond donors (Lipinski definition) is 2. The molecule has 0 aliphatic rings. The highest BCUT2D eigenvalue weighted by Crippen LogP contribution is 2.09. The second-order valence-electron chi connectivity index (χ2n) is 5.03. The molecule has 168 valence electrons. The van der Waals surface area contributed by atoms with Crippen LogP contribution in [0.2, 0.25) is 0 Å². The highest BCUT2D eigenvalue weighted by atomic mass is 16.5. The Balaban J connectivity index is -0.000000172. The van der Waals surface area contributed by atoms with E-state index in [-0.39, 0.29) is 37.8 Å². The molecule has 0 aromatic heterocycles. The van der Waals surface area contributed by atoms with Crippen molar-refractivity contribution in [3.8, 4) is 5.75 Å². The Morgan fingerprint density at radius 3 is 1.62 bits per heavy atom. The third kappa shape index (κ3) is 46.1. The summed E-state index contributed by atoms with van der Waals surface area (Å²) in [5, 5.41) is 15.2. The van der Waals surface area contributed by atoms with Crippen molar-refractivity contribution in [3.05, 3.63) is 55.6 Å². The van der Waals surface area contributed by atoms with Crippen LogP contribution in [0.4, 0.5) is 0 Å². The minimum atomic E-state index is -0.369. The minimum absolute atomic E-state index is 0.00462. The quantitative estimate of drug-likeness (QED) is 0.393. The number of carbonyl (C=O) groups is 2. The average Bonchev–Trinajstić information content (AvgIpc) is 2.70. The Morgan fingerprint density at radius 1 is 0.931 bits per heavy atom. The summed E-state index contributed by atoms with van der Waals surface area (Å²) < 4.78 is 9.81. The van der Waals surface area contributed by atoms with E-state index in [0.29, 0.717) is 5.75 Å². The topological polar surface area (TPSA) is 93.1 Å². The summed E-state index contributed by atoms with van der Waals surface area (Å²) in [5.74, 6) is 0.141. The molecular formula is C23H40O6. The number of ether oxygens (including phenoxy) is 2. The second kappa shape index (κ2) is 33.3. The van der Waals surface area contributed by atoms with Gasteiger partial charge in [-0.2, -0.15) is 0 Å². The van der Waals surface area contributed by atoms with Crippen molar-refractivity contribution in [1.82, 2.24) is 0 Å². The molecule has 0 bridgehead atoms. The van der Waals surface area contributed by atoms with Crippen LogP contribution < -0.4 is 4.74 Å². The van der Waals surface area contributed by atoms with Gasteiger partial charge in [0.1, 0.15) is 11.5 Å². The number of benzene rings is 1. The fourth-order valence-electron chi connectivity index (χ4n) is 1.15. The maximum absolute atomic E-state index is 11.1. The van der Waals surface area contributed by atoms with Crippen LogP contribution in [0, 0.1) is 0 Å². The van der Waals surface area contributed by atoms with E-state index in [1.807, 2.05) is 33.8 Å². The molecule has 0 fully saturated rings. The van der Waals surface area contributed by atoms with Gasteiger partial charge in [-0.3, -0.25) is 4.79 Å². The third-order valence-electron chi connectivity index (χ3n) is 2.16. The van der Waals surface area contributed by atoms with Crippen molar-refractivity contribution in [2.45, 2.75) is 47.5 Å². The molecule has 0 unspecified atom stereocenters. The molecule has 1 rings (SSSR count). The van der Waals surface area contributed by atoms with Crippen LogP contribution in [-0.2, 0) is 14.3 Å². The molecule has 0 aliphatic heterocycles. The Kier molecular flexibility index (Phi) is 39.3. The van der Waals surface area contributed by atoms with Crippen molar-refractivity contribution < 1.29 is 29.3 Å². The molecule has 0 radical (unpaired) electrons. The molecule has 0 heterocycles. The van der Waals surface area contributed by atoms with Gasteiger partial charge in [0.15, 0.2) is 0 Å². The lowest BCUT2D eigenvalue weighted by molar-refractivity contribution is -0.135. The summed E-state index contributed by atoms with van der Waals surface area (Å²) in [6.07, 6.45) is 3.88. The Morgan fingerprint density at radius 2 is 1.34 bits per heavy atom. The molecule has 0 saturated heterocycles. The number of para-hydroxylation sites is 1. The van der Waals surface area contributed by atoms with Crippen LogP contribution in [0.25, 0.3) is 0 Å². The summed E-state index contributed by atoms with van der Waals surface area (Å²) >= 11 is 0. The normalized spacial score (nSPS) is 7.97. The molecule has 0 atom stereocenters. The van der Waals surface area contributed by atoms with Gasteiger partial charge in [-0.15, -0.1) is 13.2 Å². The van der Waals surface area contributed by atoms with Gasteiger partial charge >= 0.3 is 5.97 Å². The van der Waals surface area contributed by atoms with Crippen LogP contribution in [0.1, 0.15) is 47.5 Å². The van der Waals surface area contributed by atoms with Crippen LogP contribution in [0.15, 0.2) is 55.6 Å². The third-order valence-corrected chi connectivity index (χ3v) is 2.16. The van der Waals surface area contributed by atoms with Crippen LogP contribution in [-0.4, -0.2) is 48.4 Å². The van der Waals surface area contributed by atoms with E-state index in [0.717, 1.165) is 13.2 Å². The number of hydrogen-bond acceptors (Lipinski definition) is 6. The number of Topliss-reactive ketones (excluding diaryl/α,β-unsaturated/α-hetero) is 1. The van der Waals surface area contributed by atoms with E-state index in [1.54, 1.807) is 36.4 Å². The summed E-state index contributed by atoms with van der Waals surface area (Å²) in [6.45, 7) is 17.4. The van der Waals surface area contributed by atoms with Gasteiger partial charge in [0.05, 0.1) is 19.6 Å². The SMILES string of the molecule is C=CC.C=CC.CC(=O)CCC(=O)Oc1ccccc1.CCOCC.OCCO. The predicted molar refractivity (Wildman–Crippen MR) is 120 cm³/mol. The fourth-order valence-corrected chi connectivity index (χ4v) is 1.15. The fraction of sp³-hybridized carbons (Fsp3) is 0.478. The molecule has 0 saturated carbocycles. The molecule has 6 nitrogen and oxygen atoms in total. The van der Waals surface area contributed by atoms with E-state index in [1.165, 1.54) is 6.92 Å². The molecule has 29 heavy (non-hydrogen) atoms. The summed E-state index contributed by atoms with van der Waals surface area (Å²) in [4.78, 5) is 21.7. The molecule has 0 amide bonds. The zero-order valence-electron chi connectivity index (χ0n) is 18.7. The van der Waals surface area contributed by atoms with Crippen LogP contribution in [0.3, 0.4) is 0 Å². The van der Waals surface area contributed by atoms with Crippen LogP contribution in [0.5, 0.6) is 5.75 Å². The molecular weight excluding hydrogens is 372 g/mol. The van der Waals surface area contributed by atoms with Gasteiger partial charge in [0, 0.05) is 19.6 Å². The summed E-state index contributed by atoms with van der Waals surface area (Å²) in [6, 6.07) is 8.81. The smallest absolute Gasteiger partial charge is 0.311 e. The van der Waals surface area contributed by atoms with Gasteiger partial charge in [0.25, 0.3) is 0 Å². The molecule has 0 spiro atoms. The van der Waals surface area contributed by atoms with E-state index >= 15 is 0 Å². The van der Waals surface area contributed by atoms with Crippen molar-refractivity contribution in [2.24, 2.45) is 0 Å². The standard InChI is InChI=1S/C11H12O3.C4H10O.2C3H6.C2H6O2/c1-9(12)7-8-11(13)14-10-5-3-2-4-6-10;1-3-5-4-2;2*1-3-2;3-1-2-4/h2-6H,7-8H2,1H3;3-4H2,1-2H3;2*3H,1H2,2H3;3-4H,1-2H2. The van der Waals surface area contributed by atoms with Gasteiger partial charge in [-0.25, -0.2) is 0 Å². The zero-order valence-corrected chi connectivity index (χ0v) is 18.7. The molecule has 6 heteroatoms. The Labute approximate surface area is 176 Å². The number of aliphatic hydroxyl groups excluding tert-OH is 2. The lowest BCUT2D eigenvalue weighted by atomic mass is 10.2.